The highest BCUT2D eigenvalue weighted by Crippen LogP contribution is 2.21. The minimum Gasteiger partial charge on any atom is -0.343 e. The zero-order valence-corrected chi connectivity index (χ0v) is 11.6. The number of carbonyl (C=O) groups excluding carboxylic acids is 1. The Morgan fingerprint density at radius 2 is 2.28 bits per heavy atom. The number of hydrogen-bond donors (Lipinski definition) is 0. The van der Waals surface area contributed by atoms with E-state index >= 15 is 0 Å². The molecule has 0 radical (unpaired) electrons. The highest BCUT2D eigenvalue weighted by molar-refractivity contribution is 7.99. The Hall–Kier alpha value is -1.04. The second-order valence-corrected chi connectivity index (χ2v) is 5.84. The van der Waals surface area contributed by atoms with Crippen molar-refractivity contribution in [1.82, 2.24) is 19.7 Å². The summed E-state index contributed by atoms with van der Waals surface area (Å²) >= 11 is 1.99. The quantitative estimate of drug-likeness (QED) is 0.810. The van der Waals surface area contributed by atoms with Crippen LogP contribution in [0.15, 0.2) is 12.7 Å². The molecule has 100 valence electrons. The third-order valence-electron chi connectivity index (χ3n) is 3.38. The third kappa shape index (κ3) is 3.73. The second kappa shape index (κ2) is 6.78. The van der Waals surface area contributed by atoms with E-state index in [4.69, 9.17) is 0 Å². The van der Waals surface area contributed by atoms with E-state index in [0.717, 1.165) is 25.8 Å². The van der Waals surface area contributed by atoms with Crippen LogP contribution in [-0.4, -0.2) is 50.2 Å². The molecule has 1 saturated heterocycles. The van der Waals surface area contributed by atoms with Crippen LogP contribution in [0.2, 0.25) is 0 Å². The molecule has 0 aromatic carbocycles. The molecule has 18 heavy (non-hydrogen) atoms. The van der Waals surface area contributed by atoms with Gasteiger partial charge in [-0.2, -0.15) is 16.9 Å². The van der Waals surface area contributed by atoms with E-state index in [1.165, 1.54) is 17.8 Å². The van der Waals surface area contributed by atoms with E-state index in [-0.39, 0.29) is 5.91 Å². The van der Waals surface area contributed by atoms with Gasteiger partial charge in [-0.05, 0) is 30.8 Å². The molecule has 1 aromatic rings. The molecule has 6 heteroatoms. The Morgan fingerprint density at radius 1 is 1.50 bits per heavy atom. The van der Waals surface area contributed by atoms with Crippen LogP contribution < -0.4 is 0 Å². The largest absolute Gasteiger partial charge is 0.343 e. The molecule has 0 unspecified atom stereocenters. The molecule has 2 heterocycles. The average Bonchev–Trinajstić information content (AvgIpc) is 2.92. The highest BCUT2D eigenvalue weighted by atomic mass is 32.2. The number of nitrogens with zero attached hydrogens (tertiary/aromatic N) is 4. The number of amides is 1. The molecule has 0 N–H and O–H groups in total. The summed E-state index contributed by atoms with van der Waals surface area (Å²) in [4.78, 5) is 17.9. The van der Waals surface area contributed by atoms with Crippen molar-refractivity contribution < 1.29 is 4.79 Å². The number of hydrogen-bond acceptors (Lipinski definition) is 4. The first-order valence-electron chi connectivity index (χ1n) is 6.43. The Kier molecular flexibility index (Phi) is 5.04. The van der Waals surface area contributed by atoms with Crippen LogP contribution in [0.5, 0.6) is 0 Å². The van der Waals surface area contributed by atoms with Gasteiger partial charge in [0.2, 0.25) is 5.91 Å². The number of aryl methyl sites for hydroxylation is 1. The van der Waals surface area contributed by atoms with Crippen LogP contribution in [0.4, 0.5) is 0 Å². The number of thioether (sulfide) groups is 1. The van der Waals surface area contributed by atoms with Gasteiger partial charge in [0, 0.05) is 26.1 Å². The molecular weight excluding hydrogens is 248 g/mol. The molecule has 0 saturated carbocycles. The maximum absolute atomic E-state index is 12.0. The first-order chi connectivity index (χ1) is 8.77. The minimum atomic E-state index is 0.256. The first kappa shape index (κ1) is 13.4. The van der Waals surface area contributed by atoms with Crippen LogP contribution in [0, 0.1) is 0 Å². The highest BCUT2D eigenvalue weighted by Gasteiger charge is 2.21. The van der Waals surface area contributed by atoms with Gasteiger partial charge < -0.3 is 4.90 Å². The molecule has 1 fully saturated rings. The normalized spacial score (nSPS) is 16.7. The summed E-state index contributed by atoms with van der Waals surface area (Å²) in [5.41, 5.74) is 0. The summed E-state index contributed by atoms with van der Waals surface area (Å²) in [6.45, 7) is 0.764. The Bertz CT molecular complexity index is 362. The van der Waals surface area contributed by atoms with Crippen LogP contribution in [0.25, 0.3) is 0 Å². The van der Waals surface area contributed by atoms with Gasteiger partial charge in [0.15, 0.2) is 0 Å². The number of rotatable bonds is 5. The molecular formula is C12H20N4OS. The van der Waals surface area contributed by atoms with Gasteiger partial charge in [-0.3, -0.25) is 9.48 Å². The molecule has 5 nitrogen and oxygen atoms in total. The molecule has 0 bridgehead atoms. The van der Waals surface area contributed by atoms with E-state index in [2.05, 4.69) is 10.1 Å². The van der Waals surface area contributed by atoms with E-state index in [0.29, 0.717) is 12.5 Å². The molecule has 2 rings (SSSR count). The molecule has 1 aliphatic rings. The van der Waals surface area contributed by atoms with Gasteiger partial charge in [-0.25, -0.2) is 4.98 Å². The Labute approximate surface area is 112 Å². The molecule has 1 aliphatic heterocycles. The maximum Gasteiger partial charge on any atom is 0.222 e. The van der Waals surface area contributed by atoms with Crippen molar-refractivity contribution in [2.45, 2.75) is 38.3 Å². The molecule has 0 atom stereocenters. The van der Waals surface area contributed by atoms with Crippen molar-refractivity contribution >= 4 is 17.7 Å². The maximum atomic E-state index is 12.0. The van der Waals surface area contributed by atoms with E-state index in [1.54, 1.807) is 11.0 Å². The summed E-state index contributed by atoms with van der Waals surface area (Å²) in [7, 11) is 1.94. The van der Waals surface area contributed by atoms with Crippen molar-refractivity contribution in [2.24, 2.45) is 0 Å². The average molecular weight is 268 g/mol. The predicted octanol–water partition coefficient (Wildman–Crippen LogP) is 1.41. The number of aromatic nitrogens is 3. The van der Waals surface area contributed by atoms with Crippen LogP contribution in [0.1, 0.15) is 25.7 Å². The summed E-state index contributed by atoms with van der Waals surface area (Å²) in [5.74, 6) is 2.62. The van der Waals surface area contributed by atoms with Crippen molar-refractivity contribution in [3.05, 3.63) is 12.7 Å². The standard InChI is InChI=1S/C12H20N4OS/c1-15(11-4-7-18-8-5-11)12(17)3-2-6-16-10-13-9-14-16/h9-11H,2-8H2,1H3. The van der Waals surface area contributed by atoms with Crippen LogP contribution in [-0.2, 0) is 11.3 Å². The van der Waals surface area contributed by atoms with Gasteiger partial charge in [0.25, 0.3) is 0 Å². The zero-order valence-electron chi connectivity index (χ0n) is 10.8. The fourth-order valence-electron chi connectivity index (χ4n) is 2.19. The Balaban J connectivity index is 1.70. The molecule has 0 aliphatic carbocycles. The van der Waals surface area contributed by atoms with Crippen LogP contribution >= 0.6 is 11.8 Å². The monoisotopic (exact) mass is 268 g/mol. The smallest absolute Gasteiger partial charge is 0.222 e. The van der Waals surface area contributed by atoms with Crippen LogP contribution in [0.3, 0.4) is 0 Å². The summed E-state index contributed by atoms with van der Waals surface area (Å²) in [6, 6.07) is 0.449. The first-order valence-corrected chi connectivity index (χ1v) is 7.58. The van der Waals surface area contributed by atoms with Gasteiger partial charge >= 0.3 is 0 Å². The molecule has 1 amide bonds. The fraction of sp³-hybridized carbons (Fsp3) is 0.750. The van der Waals surface area contributed by atoms with E-state index < -0.39 is 0 Å². The third-order valence-corrected chi connectivity index (χ3v) is 4.43. The lowest BCUT2D eigenvalue weighted by Gasteiger charge is -2.31. The lowest BCUT2D eigenvalue weighted by molar-refractivity contribution is -0.132. The van der Waals surface area contributed by atoms with E-state index in [1.807, 2.05) is 23.7 Å². The van der Waals surface area contributed by atoms with Crippen molar-refractivity contribution in [3.8, 4) is 0 Å². The van der Waals surface area contributed by atoms with Crippen molar-refractivity contribution in [3.63, 3.8) is 0 Å². The summed E-state index contributed by atoms with van der Waals surface area (Å²) in [6.07, 6.45) is 6.90. The minimum absolute atomic E-state index is 0.256. The van der Waals surface area contributed by atoms with Gasteiger partial charge in [-0.1, -0.05) is 0 Å². The van der Waals surface area contributed by atoms with Gasteiger partial charge in [0.05, 0.1) is 0 Å². The second-order valence-electron chi connectivity index (χ2n) is 4.61. The van der Waals surface area contributed by atoms with Crippen molar-refractivity contribution in [1.29, 1.82) is 0 Å². The zero-order chi connectivity index (χ0) is 12.8. The Morgan fingerprint density at radius 3 is 2.94 bits per heavy atom. The molecule has 1 aromatic heterocycles. The fourth-order valence-corrected chi connectivity index (χ4v) is 3.27. The lowest BCUT2D eigenvalue weighted by atomic mass is 10.1. The lowest BCUT2D eigenvalue weighted by Crippen LogP contribution is -2.39. The summed E-state index contributed by atoms with van der Waals surface area (Å²) < 4.78 is 1.77. The van der Waals surface area contributed by atoms with Gasteiger partial charge in [0.1, 0.15) is 12.7 Å². The summed E-state index contributed by atoms with van der Waals surface area (Å²) in [5, 5.41) is 4.03. The SMILES string of the molecule is CN(C(=O)CCCn1cncn1)C1CCSCC1. The van der Waals surface area contributed by atoms with E-state index in [9.17, 15) is 4.79 Å². The topological polar surface area (TPSA) is 51.0 Å². The predicted molar refractivity (Wildman–Crippen MR) is 72.4 cm³/mol. The number of carbonyl (C=O) groups is 1. The van der Waals surface area contributed by atoms with Gasteiger partial charge in [-0.15, -0.1) is 0 Å². The van der Waals surface area contributed by atoms with Crippen molar-refractivity contribution in [2.75, 3.05) is 18.6 Å². The molecule has 0 spiro atoms.